The summed E-state index contributed by atoms with van der Waals surface area (Å²) in [6.45, 7) is 0. The van der Waals surface area contributed by atoms with Gasteiger partial charge in [-0.15, -0.1) is 0 Å². The van der Waals surface area contributed by atoms with E-state index in [0.29, 0.717) is 5.69 Å². The predicted octanol–water partition coefficient (Wildman–Crippen LogP) is -0.197. The Kier molecular flexibility index (Phi) is 4.29. The number of hydrogen-bond donors (Lipinski definition) is 1. The van der Waals surface area contributed by atoms with E-state index >= 15 is 0 Å². The molecular weight excluding hydrogens is 293 g/mol. The molecule has 2 aromatic rings. The van der Waals surface area contributed by atoms with E-state index < -0.39 is 10.1 Å². The number of anilines is 2. The number of nitrogens with one attached hydrogen (secondary N) is 1. The number of fused-ring (bicyclic) bond motifs is 2. The van der Waals surface area contributed by atoms with Crippen LogP contribution in [0.25, 0.3) is 0 Å². The third kappa shape index (κ3) is 2.99. The molecule has 4 nitrogen and oxygen atoms in total. The van der Waals surface area contributed by atoms with E-state index in [1.807, 2.05) is 24.3 Å². The van der Waals surface area contributed by atoms with Gasteiger partial charge in [-0.2, -0.15) is 0 Å². The summed E-state index contributed by atoms with van der Waals surface area (Å²) in [7, 11) is -4.41. The fourth-order valence-corrected chi connectivity index (χ4v) is 3.24. The summed E-state index contributed by atoms with van der Waals surface area (Å²) in [4.78, 5) is 1.76. The van der Waals surface area contributed by atoms with E-state index in [-0.39, 0.29) is 34.5 Å². The van der Waals surface area contributed by atoms with Crippen molar-refractivity contribution in [1.82, 2.24) is 0 Å². The maximum atomic E-state index is 11.0. The smallest absolute Gasteiger partial charge is 0.744 e. The molecule has 0 amide bonds. The monoisotopic (exact) mass is 301 g/mol. The van der Waals surface area contributed by atoms with Gasteiger partial charge in [-0.05, 0) is 30.3 Å². The molecule has 0 radical (unpaired) electrons. The second-order valence-electron chi connectivity index (χ2n) is 3.84. The van der Waals surface area contributed by atoms with Gasteiger partial charge in [0.2, 0.25) is 0 Å². The summed E-state index contributed by atoms with van der Waals surface area (Å²) in [5.41, 5.74) is 1.56. The molecular formula is C12H8NNaO3S2. The minimum Gasteiger partial charge on any atom is -0.744 e. The third-order valence-electron chi connectivity index (χ3n) is 2.62. The second kappa shape index (κ2) is 5.47. The Morgan fingerprint density at radius 3 is 2.42 bits per heavy atom. The van der Waals surface area contributed by atoms with E-state index in [2.05, 4.69) is 5.32 Å². The van der Waals surface area contributed by atoms with Crippen molar-refractivity contribution in [2.45, 2.75) is 14.7 Å². The van der Waals surface area contributed by atoms with Gasteiger partial charge in [-0.3, -0.25) is 0 Å². The van der Waals surface area contributed by atoms with Crippen molar-refractivity contribution < 1.29 is 42.5 Å². The Bertz CT molecular complexity index is 732. The van der Waals surface area contributed by atoms with Gasteiger partial charge in [0.05, 0.1) is 16.3 Å². The quantitative estimate of drug-likeness (QED) is 0.498. The largest absolute Gasteiger partial charge is 1.00 e. The Morgan fingerprint density at radius 2 is 1.68 bits per heavy atom. The molecule has 0 bridgehead atoms. The summed E-state index contributed by atoms with van der Waals surface area (Å²) in [5, 5.41) is 3.13. The maximum Gasteiger partial charge on any atom is 1.00 e. The van der Waals surface area contributed by atoms with Crippen molar-refractivity contribution in [2.75, 3.05) is 5.32 Å². The minimum absolute atomic E-state index is 0. The van der Waals surface area contributed by atoms with Crippen LogP contribution in [-0.2, 0) is 10.1 Å². The maximum absolute atomic E-state index is 11.0. The van der Waals surface area contributed by atoms with Crippen LogP contribution in [0.1, 0.15) is 0 Å². The van der Waals surface area contributed by atoms with Gasteiger partial charge in [-0.25, -0.2) is 8.42 Å². The van der Waals surface area contributed by atoms with E-state index in [0.717, 1.165) is 15.5 Å². The van der Waals surface area contributed by atoms with Gasteiger partial charge in [-0.1, -0.05) is 23.9 Å². The topological polar surface area (TPSA) is 69.2 Å². The molecule has 3 rings (SSSR count). The summed E-state index contributed by atoms with van der Waals surface area (Å²) in [5.74, 6) is 0. The molecule has 2 aromatic carbocycles. The first-order valence-corrected chi connectivity index (χ1v) is 7.40. The Balaban J connectivity index is 0.00000133. The molecule has 7 heteroatoms. The minimum atomic E-state index is -4.41. The van der Waals surface area contributed by atoms with Gasteiger partial charge in [0.25, 0.3) is 0 Å². The molecule has 0 saturated heterocycles. The van der Waals surface area contributed by atoms with Crippen LogP contribution in [0.2, 0.25) is 0 Å². The fraction of sp³-hybridized carbons (Fsp3) is 0. The zero-order chi connectivity index (χ0) is 12.8. The molecule has 92 valence electrons. The van der Waals surface area contributed by atoms with Crippen LogP contribution in [0, 0.1) is 0 Å². The van der Waals surface area contributed by atoms with E-state index in [9.17, 15) is 13.0 Å². The zero-order valence-corrected chi connectivity index (χ0v) is 13.7. The van der Waals surface area contributed by atoms with E-state index in [4.69, 9.17) is 0 Å². The van der Waals surface area contributed by atoms with E-state index in [1.54, 1.807) is 17.8 Å². The average molecular weight is 301 g/mol. The Hall–Kier alpha value is -0.500. The van der Waals surface area contributed by atoms with Gasteiger partial charge in [0.15, 0.2) is 0 Å². The van der Waals surface area contributed by atoms with Gasteiger partial charge in [0.1, 0.15) is 10.1 Å². The van der Waals surface area contributed by atoms with Crippen LogP contribution in [-0.4, -0.2) is 13.0 Å². The molecule has 0 unspecified atom stereocenters. The molecule has 0 fully saturated rings. The van der Waals surface area contributed by atoms with Crippen LogP contribution in [0.3, 0.4) is 0 Å². The summed E-state index contributed by atoms with van der Waals surface area (Å²) < 4.78 is 32.9. The first-order chi connectivity index (χ1) is 8.54. The normalized spacial score (nSPS) is 12.7. The van der Waals surface area contributed by atoms with Gasteiger partial charge in [0, 0.05) is 9.79 Å². The molecule has 1 heterocycles. The first-order valence-electron chi connectivity index (χ1n) is 5.18. The summed E-state index contributed by atoms with van der Waals surface area (Å²) in [6.07, 6.45) is 0. The van der Waals surface area contributed by atoms with Crippen molar-refractivity contribution >= 4 is 33.3 Å². The molecule has 1 aliphatic heterocycles. The zero-order valence-electron chi connectivity index (χ0n) is 10.1. The standard InChI is InChI=1S/C12H9NO3S2.Na/c14-18(15,16)8-5-6-12-10(7-8)13-9-3-1-2-4-11(9)17-12;/h1-7,13H,(H,14,15,16);/q;+1/p-1. The van der Waals surface area contributed by atoms with Crippen LogP contribution >= 0.6 is 11.8 Å². The van der Waals surface area contributed by atoms with Crippen LogP contribution in [0.15, 0.2) is 57.2 Å². The fourth-order valence-electron chi connectivity index (χ4n) is 1.77. The van der Waals surface area contributed by atoms with Crippen molar-refractivity contribution in [3.8, 4) is 0 Å². The third-order valence-corrected chi connectivity index (χ3v) is 4.60. The number of rotatable bonds is 1. The molecule has 0 spiro atoms. The molecule has 1 aliphatic rings. The molecule has 1 N–H and O–H groups in total. The molecule has 0 atom stereocenters. The van der Waals surface area contributed by atoms with E-state index in [1.165, 1.54) is 12.1 Å². The number of para-hydroxylation sites is 1. The van der Waals surface area contributed by atoms with Crippen LogP contribution in [0.4, 0.5) is 11.4 Å². The number of benzene rings is 2. The van der Waals surface area contributed by atoms with Crippen molar-refractivity contribution in [2.24, 2.45) is 0 Å². The average Bonchev–Trinajstić information content (AvgIpc) is 2.34. The Labute approximate surface area is 137 Å². The summed E-state index contributed by atoms with van der Waals surface area (Å²) >= 11 is 1.54. The van der Waals surface area contributed by atoms with Crippen molar-refractivity contribution in [3.63, 3.8) is 0 Å². The predicted molar refractivity (Wildman–Crippen MR) is 68.3 cm³/mol. The molecule has 0 aliphatic carbocycles. The Morgan fingerprint density at radius 1 is 1.00 bits per heavy atom. The second-order valence-corrected chi connectivity index (χ2v) is 6.30. The SMILES string of the molecule is O=S(=O)([O-])c1ccc2c(c1)Nc1ccccc1S2.[Na+]. The van der Waals surface area contributed by atoms with Gasteiger partial charge >= 0.3 is 29.6 Å². The number of hydrogen-bond acceptors (Lipinski definition) is 5. The van der Waals surface area contributed by atoms with Crippen LogP contribution < -0.4 is 34.9 Å². The molecule has 19 heavy (non-hydrogen) atoms. The molecule has 0 saturated carbocycles. The van der Waals surface area contributed by atoms with Crippen molar-refractivity contribution in [1.29, 1.82) is 0 Å². The van der Waals surface area contributed by atoms with Crippen molar-refractivity contribution in [3.05, 3.63) is 42.5 Å². The summed E-state index contributed by atoms with van der Waals surface area (Å²) in [6, 6.07) is 12.1. The van der Waals surface area contributed by atoms with Gasteiger partial charge < -0.3 is 9.87 Å². The first kappa shape index (κ1) is 14.9. The molecule has 0 aromatic heterocycles. The van der Waals surface area contributed by atoms with Crippen LogP contribution in [0.5, 0.6) is 0 Å².